The Balaban J connectivity index is 1.81. The highest BCUT2D eigenvalue weighted by atomic mass is 35.5. The van der Waals surface area contributed by atoms with Crippen molar-refractivity contribution in [3.05, 3.63) is 64.9 Å². The van der Waals surface area contributed by atoms with Gasteiger partial charge in [-0.2, -0.15) is 0 Å². The van der Waals surface area contributed by atoms with Crippen LogP contribution < -0.4 is 10.2 Å². The third kappa shape index (κ3) is 6.07. The molecular formula is C19H18ClFN2O4. The molecule has 2 rings (SSSR count). The van der Waals surface area contributed by atoms with Crippen molar-refractivity contribution in [2.24, 2.45) is 0 Å². The van der Waals surface area contributed by atoms with Crippen LogP contribution in [0.2, 0.25) is 5.02 Å². The average molecular weight is 393 g/mol. The molecule has 142 valence electrons. The van der Waals surface area contributed by atoms with E-state index in [0.29, 0.717) is 22.8 Å². The Labute approximate surface area is 160 Å². The van der Waals surface area contributed by atoms with Crippen LogP contribution in [-0.2, 0) is 14.3 Å². The highest BCUT2D eigenvalue weighted by Crippen LogP contribution is 2.15. The van der Waals surface area contributed by atoms with Gasteiger partial charge in [0.25, 0.3) is 11.8 Å². The van der Waals surface area contributed by atoms with Gasteiger partial charge in [0.05, 0.1) is 0 Å². The number of nitrogens with zero attached hydrogens (tertiary/aromatic N) is 1. The van der Waals surface area contributed by atoms with Crippen molar-refractivity contribution in [2.45, 2.75) is 6.92 Å². The zero-order valence-electron chi connectivity index (χ0n) is 14.6. The molecular weight excluding hydrogens is 375 g/mol. The molecule has 1 N–H and O–H groups in total. The zero-order chi connectivity index (χ0) is 19.8. The van der Waals surface area contributed by atoms with Gasteiger partial charge in [-0.3, -0.25) is 14.4 Å². The first-order valence-corrected chi connectivity index (χ1v) is 8.54. The molecule has 27 heavy (non-hydrogen) atoms. The highest BCUT2D eigenvalue weighted by Gasteiger charge is 2.16. The Bertz CT molecular complexity index is 809. The first kappa shape index (κ1) is 20.4. The number of carbonyl (C=O) groups excluding carboxylic acids is 3. The topological polar surface area (TPSA) is 75.7 Å². The Morgan fingerprint density at radius 2 is 1.70 bits per heavy atom. The monoisotopic (exact) mass is 392 g/mol. The number of hydrogen-bond donors (Lipinski definition) is 1. The van der Waals surface area contributed by atoms with Crippen LogP contribution in [0, 0.1) is 5.82 Å². The molecule has 8 heteroatoms. The van der Waals surface area contributed by atoms with Gasteiger partial charge < -0.3 is 15.0 Å². The van der Waals surface area contributed by atoms with Crippen LogP contribution in [-0.4, -0.2) is 37.5 Å². The van der Waals surface area contributed by atoms with Crippen LogP contribution >= 0.6 is 11.6 Å². The van der Waals surface area contributed by atoms with Crippen molar-refractivity contribution in [3.63, 3.8) is 0 Å². The van der Waals surface area contributed by atoms with Crippen molar-refractivity contribution in [1.82, 2.24) is 5.32 Å². The maximum absolute atomic E-state index is 13.0. The number of benzene rings is 2. The van der Waals surface area contributed by atoms with E-state index < -0.39 is 30.2 Å². The van der Waals surface area contributed by atoms with E-state index in [4.69, 9.17) is 16.3 Å². The SMILES string of the molecule is CCN(C(=O)COC(=O)CNC(=O)c1ccc(Cl)cc1)c1ccc(F)cc1. The number of nitrogens with one attached hydrogen (secondary N) is 1. The fourth-order valence-corrected chi connectivity index (χ4v) is 2.38. The molecule has 0 aliphatic heterocycles. The van der Waals surface area contributed by atoms with Gasteiger partial charge in [0.15, 0.2) is 6.61 Å². The quantitative estimate of drug-likeness (QED) is 0.735. The summed E-state index contributed by atoms with van der Waals surface area (Å²) in [4.78, 5) is 37.2. The van der Waals surface area contributed by atoms with Crippen molar-refractivity contribution in [3.8, 4) is 0 Å². The van der Waals surface area contributed by atoms with E-state index in [2.05, 4.69) is 5.32 Å². The Kier molecular flexibility index (Phi) is 7.31. The van der Waals surface area contributed by atoms with Crippen molar-refractivity contribution in [2.75, 3.05) is 24.6 Å². The molecule has 0 radical (unpaired) electrons. The van der Waals surface area contributed by atoms with Gasteiger partial charge in [-0.15, -0.1) is 0 Å². The lowest BCUT2D eigenvalue weighted by Crippen LogP contribution is -2.36. The van der Waals surface area contributed by atoms with Crippen molar-refractivity contribution in [1.29, 1.82) is 0 Å². The molecule has 0 aromatic heterocycles. The zero-order valence-corrected chi connectivity index (χ0v) is 15.3. The van der Waals surface area contributed by atoms with Gasteiger partial charge >= 0.3 is 5.97 Å². The summed E-state index contributed by atoms with van der Waals surface area (Å²) in [5.74, 6) is -2.08. The summed E-state index contributed by atoms with van der Waals surface area (Å²) < 4.78 is 17.9. The molecule has 2 amide bonds. The van der Waals surface area contributed by atoms with Crippen LogP contribution in [0.15, 0.2) is 48.5 Å². The molecule has 0 fully saturated rings. The second-order valence-corrected chi connectivity index (χ2v) is 5.90. The van der Waals surface area contributed by atoms with Crippen LogP contribution in [0.1, 0.15) is 17.3 Å². The van der Waals surface area contributed by atoms with Crippen molar-refractivity contribution >= 4 is 35.1 Å². The number of rotatable bonds is 7. The van der Waals surface area contributed by atoms with E-state index in [1.54, 1.807) is 19.1 Å². The Hall–Kier alpha value is -2.93. The first-order valence-electron chi connectivity index (χ1n) is 8.16. The predicted molar refractivity (Wildman–Crippen MR) is 99.2 cm³/mol. The van der Waals surface area contributed by atoms with Gasteiger partial charge in [-0.05, 0) is 55.5 Å². The normalized spacial score (nSPS) is 10.2. The summed E-state index contributed by atoms with van der Waals surface area (Å²) in [6, 6.07) is 11.6. The summed E-state index contributed by atoms with van der Waals surface area (Å²) in [6.45, 7) is 1.21. The van der Waals surface area contributed by atoms with E-state index in [9.17, 15) is 18.8 Å². The lowest BCUT2D eigenvalue weighted by atomic mass is 10.2. The van der Waals surface area contributed by atoms with Crippen LogP contribution in [0.3, 0.4) is 0 Å². The third-order valence-corrected chi connectivity index (χ3v) is 3.86. The number of likely N-dealkylation sites (N-methyl/N-ethyl adjacent to an activating group) is 1. The van der Waals surface area contributed by atoms with Crippen molar-refractivity contribution < 1.29 is 23.5 Å². The minimum absolute atomic E-state index is 0.329. The second kappa shape index (κ2) is 9.68. The predicted octanol–water partition coefficient (Wildman–Crippen LogP) is 2.81. The molecule has 0 saturated heterocycles. The lowest BCUT2D eigenvalue weighted by Gasteiger charge is -2.20. The Morgan fingerprint density at radius 3 is 2.30 bits per heavy atom. The van der Waals surface area contributed by atoms with Gasteiger partial charge in [0.2, 0.25) is 0 Å². The number of carbonyl (C=O) groups is 3. The molecule has 0 spiro atoms. The number of amides is 2. The van der Waals surface area contributed by atoms with Crippen LogP contribution in [0.4, 0.5) is 10.1 Å². The van der Waals surface area contributed by atoms with E-state index in [0.717, 1.165) is 0 Å². The molecule has 0 aliphatic rings. The van der Waals surface area contributed by atoms with E-state index in [1.165, 1.54) is 41.3 Å². The molecule has 6 nitrogen and oxygen atoms in total. The van der Waals surface area contributed by atoms with Crippen LogP contribution in [0.25, 0.3) is 0 Å². The number of anilines is 1. The number of hydrogen-bond acceptors (Lipinski definition) is 4. The number of ether oxygens (including phenoxy) is 1. The number of esters is 1. The fourth-order valence-electron chi connectivity index (χ4n) is 2.25. The largest absolute Gasteiger partial charge is 0.454 e. The molecule has 0 bridgehead atoms. The minimum Gasteiger partial charge on any atom is -0.454 e. The highest BCUT2D eigenvalue weighted by molar-refractivity contribution is 6.30. The Morgan fingerprint density at radius 1 is 1.07 bits per heavy atom. The van der Waals surface area contributed by atoms with E-state index in [1.807, 2.05) is 0 Å². The average Bonchev–Trinajstić information content (AvgIpc) is 2.67. The van der Waals surface area contributed by atoms with Gasteiger partial charge in [-0.1, -0.05) is 11.6 Å². The maximum Gasteiger partial charge on any atom is 0.325 e. The summed E-state index contributed by atoms with van der Waals surface area (Å²) in [7, 11) is 0. The first-order chi connectivity index (χ1) is 12.9. The third-order valence-electron chi connectivity index (χ3n) is 3.61. The molecule has 0 atom stereocenters. The minimum atomic E-state index is -0.749. The summed E-state index contributed by atoms with van der Waals surface area (Å²) in [5.41, 5.74) is 0.840. The molecule has 2 aromatic rings. The summed E-state index contributed by atoms with van der Waals surface area (Å²) in [5, 5.41) is 2.89. The molecule has 2 aromatic carbocycles. The summed E-state index contributed by atoms with van der Waals surface area (Å²) >= 11 is 5.74. The second-order valence-electron chi connectivity index (χ2n) is 5.46. The summed E-state index contributed by atoms with van der Waals surface area (Å²) in [6.07, 6.45) is 0. The molecule has 0 saturated carbocycles. The smallest absolute Gasteiger partial charge is 0.325 e. The molecule has 0 unspecified atom stereocenters. The lowest BCUT2D eigenvalue weighted by molar-refractivity contribution is -0.146. The fraction of sp³-hybridized carbons (Fsp3) is 0.211. The maximum atomic E-state index is 13.0. The number of halogens is 2. The van der Waals surface area contributed by atoms with E-state index >= 15 is 0 Å². The van der Waals surface area contributed by atoms with E-state index in [-0.39, 0.29) is 6.54 Å². The van der Waals surface area contributed by atoms with Gasteiger partial charge in [-0.25, -0.2) is 4.39 Å². The van der Waals surface area contributed by atoms with Gasteiger partial charge in [0, 0.05) is 22.8 Å². The molecule has 0 aliphatic carbocycles. The standard InChI is InChI=1S/C19H18ClFN2O4/c1-2-23(16-9-7-15(21)8-10-16)17(24)12-27-18(25)11-22-19(26)13-3-5-14(20)6-4-13/h3-10H,2,11-12H2,1H3,(H,22,26). The van der Waals surface area contributed by atoms with Gasteiger partial charge in [0.1, 0.15) is 12.4 Å². The molecule has 0 heterocycles. The van der Waals surface area contributed by atoms with Crippen LogP contribution in [0.5, 0.6) is 0 Å².